The number of allylic oxidation sites excluding steroid dienone is 2. The fraction of sp³-hybridized carbons (Fsp3) is 0.727. The van der Waals surface area contributed by atoms with Gasteiger partial charge in [0.25, 0.3) is 0 Å². The van der Waals surface area contributed by atoms with Crippen molar-refractivity contribution in [2.45, 2.75) is 71.8 Å². The van der Waals surface area contributed by atoms with E-state index < -0.39 is 22.9 Å². The van der Waals surface area contributed by atoms with Crippen molar-refractivity contribution in [3.8, 4) is 0 Å². The molecule has 0 bridgehead atoms. The number of hydrogen-bond donors (Lipinski definition) is 2. The van der Waals surface area contributed by atoms with Crippen LogP contribution < -0.4 is 0 Å². The summed E-state index contributed by atoms with van der Waals surface area (Å²) in [6.07, 6.45) is 5.83. The minimum atomic E-state index is -0.801. The third-order valence-corrected chi connectivity index (χ3v) is 7.98. The van der Waals surface area contributed by atoms with E-state index in [4.69, 9.17) is 4.74 Å². The molecule has 0 heterocycles. The number of carbonyl (C=O) groups excluding carboxylic acids is 2. The minimum Gasteiger partial charge on any atom is -0.504 e. The summed E-state index contributed by atoms with van der Waals surface area (Å²) in [5.41, 5.74) is -1.26. The summed E-state index contributed by atoms with van der Waals surface area (Å²) in [5.74, 6) is -1.24. The molecule has 2 N–H and O–H groups in total. The highest BCUT2D eigenvalue weighted by Crippen LogP contribution is 2.62. The first-order valence-corrected chi connectivity index (χ1v) is 9.97. The molecule has 0 aromatic heterocycles. The Bertz CT molecular complexity index is 731. The van der Waals surface area contributed by atoms with Crippen molar-refractivity contribution in [1.82, 2.24) is 0 Å². The van der Waals surface area contributed by atoms with Gasteiger partial charge in [0.15, 0.2) is 11.5 Å². The van der Waals surface area contributed by atoms with Gasteiger partial charge in [-0.05, 0) is 54.8 Å². The Morgan fingerprint density at radius 1 is 1.19 bits per heavy atom. The number of ketones is 2. The average Bonchev–Trinajstić information content (AvgIpc) is 2.60. The average molecular weight is 376 g/mol. The molecular formula is C22H32O5. The SMILES string of the molecule is COC1=CC(=O)C(O)=C(C[C@]2(C)[C@@H](C)CC[C@]3(O)[C@H]2CCCC3(C)C)C1=O. The second-order valence-corrected chi connectivity index (χ2v) is 9.61. The van der Waals surface area contributed by atoms with Crippen LogP contribution in [0.5, 0.6) is 0 Å². The molecule has 0 unspecified atom stereocenters. The Kier molecular flexibility index (Phi) is 4.82. The van der Waals surface area contributed by atoms with Crippen LogP contribution >= 0.6 is 0 Å². The molecule has 27 heavy (non-hydrogen) atoms. The van der Waals surface area contributed by atoms with E-state index in [9.17, 15) is 19.8 Å². The molecule has 0 saturated heterocycles. The van der Waals surface area contributed by atoms with Crippen LogP contribution in [0.2, 0.25) is 0 Å². The molecule has 0 aliphatic heterocycles. The topological polar surface area (TPSA) is 83.8 Å². The third-order valence-electron chi connectivity index (χ3n) is 7.98. The highest BCUT2D eigenvalue weighted by molar-refractivity contribution is 6.20. The van der Waals surface area contributed by atoms with Gasteiger partial charge in [0.1, 0.15) is 0 Å². The number of fused-ring (bicyclic) bond motifs is 1. The van der Waals surface area contributed by atoms with Gasteiger partial charge in [-0.25, -0.2) is 0 Å². The van der Waals surface area contributed by atoms with Gasteiger partial charge < -0.3 is 14.9 Å². The molecule has 4 atom stereocenters. The van der Waals surface area contributed by atoms with Crippen LogP contribution in [0.25, 0.3) is 0 Å². The van der Waals surface area contributed by atoms with Gasteiger partial charge in [-0.15, -0.1) is 0 Å². The number of Topliss-reactive ketones (excluding diaryl/α,β-unsaturated/α-hetero) is 1. The normalized spacial score (nSPS) is 39.1. The van der Waals surface area contributed by atoms with E-state index >= 15 is 0 Å². The van der Waals surface area contributed by atoms with Gasteiger partial charge in [0.05, 0.1) is 12.7 Å². The predicted octanol–water partition coefficient (Wildman–Crippen LogP) is 3.86. The quantitative estimate of drug-likeness (QED) is 0.731. The zero-order valence-electron chi connectivity index (χ0n) is 17.1. The van der Waals surface area contributed by atoms with E-state index in [0.717, 1.165) is 38.2 Å². The van der Waals surface area contributed by atoms with Crippen molar-refractivity contribution in [2.75, 3.05) is 7.11 Å². The van der Waals surface area contributed by atoms with E-state index in [1.165, 1.54) is 7.11 Å². The molecule has 3 aliphatic rings. The summed E-state index contributed by atoms with van der Waals surface area (Å²) in [6, 6.07) is 0. The minimum absolute atomic E-state index is 0.0117. The van der Waals surface area contributed by atoms with Gasteiger partial charge in [0.2, 0.25) is 11.6 Å². The van der Waals surface area contributed by atoms with Crippen molar-refractivity contribution >= 4 is 11.6 Å². The van der Waals surface area contributed by atoms with Crippen LogP contribution in [0.4, 0.5) is 0 Å². The second-order valence-electron chi connectivity index (χ2n) is 9.61. The molecule has 0 radical (unpaired) electrons. The molecule has 5 nitrogen and oxygen atoms in total. The van der Waals surface area contributed by atoms with Crippen molar-refractivity contribution in [3.63, 3.8) is 0 Å². The van der Waals surface area contributed by atoms with Crippen LogP contribution in [-0.2, 0) is 14.3 Å². The van der Waals surface area contributed by atoms with E-state index in [1.807, 2.05) is 0 Å². The molecule has 3 rings (SSSR count). The molecule has 3 aliphatic carbocycles. The van der Waals surface area contributed by atoms with Crippen LogP contribution in [0.3, 0.4) is 0 Å². The summed E-state index contributed by atoms with van der Waals surface area (Å²) < 4.78 is 5.06. The van der Waals surface area contributed by atoms with Crippen molar-refractivity contribution in [2.24, 2.45) is 22.7 Å². The number of methoxy groups -OCH3 is 1. The van der Waals surface area contributed by atoms with Gasteiger partial charge >= 0.3 is 0 Å². The lowest BCUT2D eigenvalue weighted by Crippen LogP contribution is -2.62. The molecular weight excluding hydrogens is 344 g/mol. The van der Waals surface area contributed by atoms with Crippen LogP contribution in [0.15, 0.2) is 23.2 Å². The largest absolute Gasteiger partial charge is 0.504 e. The lowest BCUT2D eigenvalue weighted by Gasteiger charge is -2.62. The monoisotopic (exact) mass is 376 g/mol. The number of aliphatic hydroxyl groups excluding tert-OH is 1. The first-order valence-electron chi connectivity index (χ1n) is 9.97. The Morgan fingerprint density at radius 2 is 1.85 bits per heavy atom. The van der Waals surface area contributed by atoms with Crippen molar-refractivity contribution in [3.05, 3.63) is 23.2 Å². The van der Waals surface area contributed by atoms with Gasteiger partial charge in [-0.2, -0.15) is 0 Å². The molecule has 0 spiro atoms. The van der Waals surface area contributed by atoms with Gasteiger partial charge in [0, 0.05) is 11.6 Å². The fourth-order valence-electron chi connectivity index (χ4n) is 5.82. The standard InChI is InChI=1S/C22H32O5/c1-13-8-10-22(26)17(7-6-9-20(22,2)3)21(13,4)12-14-18(24)15(23)11-16(27-5)19(14)25/h11,13,17,24,26H,6-10,12H2,1-5H3/t13-,17-,21+,22-/m0/s1. The molecule has 0 amide bonds. The maximum absolute atomic E-state index is 12.8. The molecule has 2 saturated carbocycles. The molecule has 0 aromatic rings. The highest BCUT2D eigenvalue weighted by Gasteiger charge is 2.61. The molecule has 2 fully saturated rings. The maximum atomic E-state index is 12.8. The van der Waals surface area contributed by atoms with Crippen LogP contribution in [0.1, 0.15) is 66.2 Å². The smallest absolute Gasteiger partial charge is 0.227 e. The summed E-state index contributed by atoms with van der Waals surface area (Å²) in [6.45, 7) is 8.53. The third kappa shape index (κ3) is 2.86. The van der Waals surface area contributed by atoms with E-state index in [1.54, 1.807) is 0 Å². The highest BCUT2D eigenvalue weighted by atomic mass is 16.5. The Labute approximate surface area is 161 Å². The number of ether oxygens (including phenoxy) is 1. The Morgan fingerprint density at radius 3 is 2.48 bits per heavy atom. The second kappa shape index (κ2) is 6.47. The maximum Gasteiger partial charge on any atom is 0.227 e. The Balaban J connectivity index is 2.02. The summed E-state index contributed by atoms with van der Waals surface area (Å²) in [7, 11) is 1.35. The number of rotatable bonds is 3. The molecule has 0 aromatic carbocycles. The van der Waals surface area contributed by atoms with E-state index in [-0.39, 0.29) is 40.4 Å². The first kappa shape index (κ1) is 20.1. The van der Waals surface area contributed by atoms with Crippen LogP contribution in [-0.4, -0.2) is 34.5 Å². The predicted molar refractivity (Wildman–Crippen MR) is 102 cm³/mol. The van der Waals surface area contributed by atoms with Gasteiger partial charge in [-0.1, -0.05) is 34.1 Å². The first-order chi connectivity index (χ1) is 12.5. The zero-order chi connectivity index (χ0) is 20.2. The number of aliphatic hydroxyl groups is 2. The summed E-state index contributed by atoms with van der Waals surface area (Å²) in [4.78, 5) is 24.9. The Hall–Kier alpha value is -1.62. The molecule has 5 heteroatoms. The van der Waals surface area contributed by atoms with Crippen LogP contribution in [0, 0.1) is 22.7 Å². The van der Waals surface area contributed by atoms with Gasteiger partial charge in [-0.3, -0.25) is 9.59 Å². The van der Waals surface area contributed by atoms with Crippen molar-refractivity contribution in [1.29, 1.82) is 0 Å². The zero-order valence-corrected chi connectivity index (χ0v) is 17.1. The summed E-state index contributed by atoms with van der Waals surface area (Å²) in [5, 5.41) is 22.1. The lowest BCUT2D eigenvalue weighted by molar-refractivity contribution is -0.211. The molecule has 150 valence electrons. The number of hydrogen-bond acceptors (Lipinski definition) is 5. The van der Waals surface area contributed by atoms with Crippen molar-refractivity contribution < 1.29 is 24.5 Å². The summed E-state index contributed by atoms with van der Waals surface area (Å²) >= 11 is 0. The van der Waals surface area contributed by atoms with E-state index in [2.05, 4.69) is 27.7 Å². The fourth-order valence-corrected chi connectivity index (χ4v) is 5.82. The van der Waals surface area contributed by atoms with E-state index in [0.29, 0.717) is 0 Å². The lowest BCUT2D eigenvalue weighted by atomic mass is 9.45. The number of carbonyl (C=O) groups is 2.